The zero-order chi connectivity index (χ0) is 9.56. The minimum atomic E-state index is -1.09. The molecule has 0 bridgehead atoms. The van der Waals surface area contributed by atoms with Gasteiger partial charge in [0.15, 0.2) is 0 Å². The van der Waals surface area contributed by atoms with Gasteiger partial charge in [0.05, 0.1) is 0 Å². The van der Waals surface area contributed by atoms with E-state index in [0.717, 1.165) is 0 Å². The van der Waals surface area contributed by atoms with Gasteiger partial charge in [0, 0.05) is 6.42 Å². The van der Waals surface area contributed by atoms with Gasteiger partial charge < -0.3 is 15.9 Å². The van der Waals surface area contributed by atoms with E-state index in [1.54, 1.807) is 0 Å². The molecule has 0 aromatic carbocycles. The molecule has 0 heterocycles. The molecule has 1 unspecified atom stereocenters. The summed E-state index contributed by atoms with van der Waals surface area (Å²) in [5.41, 5.74) is 5.15. The van der Waals surface area contributed by atoms with E-state index in [-0.39, 0.29) is 12.8 Å². The first-order valence-corrected chi connectivity index (χ1v) is 3.22. The molecule has 0 aliphatic heterocycles. The zero-order valence-electron chi connectivity index (χ0n) is 6.95. The van der Waals surface area contributed by atoms with Crippen molar-refractivity contribution < 1.29 is 19.8 Å². The van der Waals surface area contributed by atoms with Crippen LogP contribution in [0, 0.1) is 0 Å². The maximum Gasteiger partial charge on any atom is 0.320 e. The Morgan fingerprint density at radius 1 is 1.64 bits per heavy atom. The number of rotatable bonds is 5. The molecule has 0 aromatic rings. The summed E-state index contributed by atoms with van der Waals surface area (Å²) in [4.78, 5) is 20.5. The predicted octanol–water partition coefficient (Wildman–Crippen LogP) is -0.347. The lowest BCUT2D eigenvalue weighted by Gasteiger charge is -2.02. The topological polar surface area (TPSA) is 101 Å². The van der Waals surface area contributed by atoms with Crippen molar-refractivity contribution in [3.63, 3.8) is 0 Å². The van der Waals surface area contributed by atoms with E-state index in [9.17, 15) is 9.59 Å². The van der Waals surface area contributed by atoms with Crippen molar-refractivity contribution in [1.82, 2.24) is 0 Å². The van der Waals surface area contributed by atoms with E-state index in [2.05, 4.69) is 5.11 Å². The van der Waals surface area contributed by atoms with Crippen molar-refractivity contribution in [2.24, 2.45) is 5.73 Å². The quantitative estimate of drug-likeness (QED) is 0.513. The molecular weight excluding hydrogens is 150 g/mol. The van der Waals surface area contributed by atoms with Crippen LogP contribution < -0.4 is 5.73 Å². The van der Waals surface area contributed by atoms with Crippen molar-refractivity contribution in [1.29, 1.82) is 1.43 Å². The van der Waals surface area contributed by atoms with Crippen LogP contribution in [-0.2, 0) is 9.59 Å². The van der Waals surface area contributed by atoms with Gasteiger partial charge in [-0.15, -0.1) is 0 Å². The van der Waals surface area contributed by atoms with E-state index in [0.29, 0.717) is 6.42 Å². The van der Waals surface area contributed by atoms with Crippen LogP contribution in [0.1, 0.15) is 19.3 Å². The third kappa shape index (κ3) is 5.35. The molecule has 0 aliphatic carbocycles. The van der Waals surface area contributed by atoms with Crippen molar-refractivity contribution in [3.8, 4) is 0 Å². The Kier molecular flexibility index (Phi) is 3.40. The van der Waals surface area contributed by atoms with Gasteiger partial charge in [0.2, 0.25) is 0 Å². The van der Waals surface area contributed by atoms with Crippen molar-refractivity contribution >= 4 is 11.9 Å². The molecule has 0 radical (unpaired) electrons. The number of carboxylic acid groups (broad SMARTS) is 2. The molecule has 0 rings (SSSR count). The van der Waals surface area contributed by atoms with Gasteiger partial charge in [0.25, 0.3) is 1.43 Å². The Hall–Kier alpha value is -1.10. The molecule has 1 atom stereocenters. The largest absolute Gasteiger partial charge is 0.481 e. The lowest BCUT2D eigenvalue weighted by atomic mass is 10.1. The van der Waals surface area contributed by atoms with E-state index in [1.165, 1.54) is 0 Å². The standard InChI is InChI=1S/C6H11NO4/c7-4(6(10)11)2-1-3-5(8)9/h4H,1-3,7H2,(H,8,9)(H,10,11)/i/hD. The number of carbonyl (C=O) groups is 2. The van der Waals surface area contributed by atoms with Crippen LogP contribution in [0.4, 0.5) is 0 Å². The SMILES string of the molecule is [2H]OC(=O)CCCC(N)C(=O)O. The maximum absolute atomic E-state index is 10.4. The summed E-state index contributed by atoms with van der Waals surface area (Å²) in [6.07, 6.45) is 0.570. The first-order chi connectivity index (χ1) is 5.57. The summed E-state index contributed by atoms with van der Waals surface area (Å²) in [6.45, 7) is 0. The van der Waals surface area contributed by atoms with E-state index in [1.807, 2.05) is 0 Å². The minimum Gasteiger partial charge on any atom is -0.481 e. The van der Waals surface area contributed by atoms with Gasteiger partial charge >= 0.3 is 11.9 Å². The highest BCUT2D eigenvalue weighted by atomic mass is 16.4. The van der Waals surface area contributed by atoms with Crippen molar-refractivity contribution in [3.05, 3.63) is 0 Å². The van der Waals surface area contributed by atoms with E-state index >= 15 is 0 Å². The smallest absolute Gasteiger partial charge is 0.320 e. The second kappa shape index (κ2) is 4.68. The highest BCUT2D eigenvalue weighted by molar-refractivity contribution is 5.73. The average Bonchev–Trinajstić information content (AvgIpc) is 2.03. The molecule has 0 spiro atoms. The van der Waals surface area contributed by atoms with Crippen LogP contribution in [0.5, 0.6) is 0 Å². The minimum absolute atomic E-state index is 0.0322. The molecule has 64 valence electrons. The molecule has 5 nitrogen and oxygen atoms in total. The number of hydrogen-bond donors (Lipinski definition) is 3. The lowest BCUT2D eigenvalue weighted by Crippen LogP contribution is -2.29. The first kappa shape index (κ1) is 8.00. The first-order valence-electron chi connectivity index (χ1n) is 3.63. The maximum atomic E-state index is 10.4. The number of carboxylic acids is 2. The average molecular weight is 162 g/mol. The number of hydrogen-bond acceptors (Lipinski definition) is 4. The Balaban J connectivity index is 3.43. The second-order valence-corrected chi connectivity index (χ2v) is 2.21. The third-order valence-corrected chi connectivity index (χ3v) is 1.21. The molecule has 0 aliphatic rings. The van der Waals surface area contributed by atoms with Gasteiger partial charge in [-0.2, -0.15) is 0 Å². The zero-order valence-corrected chi connectivity index (χ0v) is 5.95. The predicted molar refractivity (Wildman–Crippen MR) is 37.1 cm³/mol. The molecular formula is C6H11NO4. The highest BCUT2D eigenvalue weighted by Crippen LogP contribution is 1.98. The summed E-state index contributed by atoms with van der Waals surface area (Å²) in [5, 5.41) is 11.9. The lowest BCUT2D eigenvalue weighted by molar-refractivity contribution is -0.140. The molecule has 0 saturated heterocycles. The summed E-state index contributed by atoms with van der Waals surface area (Å²) in [6, 6.07) is -0.941. The van der Waals surface area contributed by atoms with Gasteiger partial charge in [-0.25, -0.2) is 0 Å². The Labute approximate surface area is 65.3 Å². The molecule has 0 fully saturated rings. The fourth-order valence-corrected chi connectivity index (χ4v) is 0.590. The summed E-state index contributed by atoms with van der Waals surface area (Å²) < 4.78 is 6.18. The molecule has 0 saturated carbocycles. The summed E-state index contributed by atoms with van der Waals surface area (Å²) >= 11 is 0. The second-order valence-electron chi connectivity index (χ2n) is 2.21. The van der Waals surface area contributed by atoms with Crippen LogP contribution >= 0.6 is 0 Å². The van der Waals surface area contributed by atoms with E-state index in [4.69, 9.17) is 12.3 Å². The fraction of sp³-hybridized carbons (Fsp3) is 0.667. The fourth-order valence-electron chi connectivity index (χ4n) is 0.590. The molecule has 11 heavy (non-hydrogen) atoms. The Morgan fingerprint density at radius 2 is 2.27 bits per heavy atom. The van der Waals surface area contributed by atoms with Gasteiger partial charge in [-0.1, -0.05) is 0 Å². The van der Waals surface area contributed by atoms with Gasteiger partial charge in [-0.05, 0) is 12.8 Å². The number of aliphatic carboxylic acids is 2. The van der Waals surface area contributed by atoms with Crippen LogP contribution in [0.3, 0.4) is 0 Å². The van der Waals surface area contributed by atoms with Crippen LogP contribution in [0.25, 0.3) is 1.43 Å². The highest BCUT2D eigenvalue weighted by Gasteiger charge is 2.10. The molecule has 0 amide bonds. The summed E-state index contributed by atoms with van der Waals surface area (Å²) in [5.74, 6) is -1.76. The van der Waals surface area contributed by atoms with E-state index < -0.39 is 18.0 Å². The van der Waals surface area contributed by atoms with Crippen molar-refractivity contribution in [2.45, 2.75) is 25.3 Å². The molecule has 0 aromatic heterocycles. The molecule has 4 N–H and O–H groups in total. The van der Waals surface area contributed by atoms with Gasteiger partial charge in [-0.3, -0.25) is 9.59 Å². The Morgan fingerprint density at radius 3 is 2.73 bits per heavy atom. The Bertz CT molecular complexity index is 173. The number of nitrogens with two attached hydrogens (primary N) is 1. The van der Waals surface area contributed by atoms with Gasteiger partial charge in [0.1, 0.15) is 6.04 Å². The normalized spacial score (nSPS) is 13.4. The molecule has 5 heteroatoms. The van der Waals surface area contributed by atoms with Crippen LogP contribution in [0.2, 0.25) is 0 Å². The third-order valence-electron chi connectivity index (χ3n) is 1.21. The van der Waals surface area contributed by atoms with Crippen molar-refractivity contribution in [2.75, 3.05) is 0 Å². The monoisotopic (exact) mass is 162 g/mol. The van der Waals surface area contributed by atoms with Crippen LogP contribution in [-0.4, -0.2) is 28.2 Å². The summed E-state index contributed by atoms with van der Waals surface area (Å²) in [7, 11) is 0. The van der Waals surface area contributed by atoms with Crippen LogP contribution in [0.15, 0.2) is 0 Å².